The van der Waals surface area contributed by atoms with Crippen LogP contribution in [0.4, 0.5) is 0 Å². The molecule has 0 heterocycles. The molecule has 0 saturated heterocycles. The molecule has 0 saturated carbocycles. The standard InChI is InChI=1S/C19H32O3/c1-5-7-9-11-13-15-17(4)19(21)22-18(20)16(3)14-12-10-8-6-2/h14-15H,5-13H2,1-4H3. The van der Waals surface area contributed by atoms with Gasteiger partial charge in [0.05, 0.1) is 0 Å². The zero-order valence-electron chi connectivity index (χ0n) is 14.7. The second kappa shape index (κ2) is 13.3. The first-order chi connectivity index (χ1) is 10.5. The van der Waals surface area contributed by atoms with Gasteiger partial charge in [0.2, 0.25) is 0 Å². The molecule has 0 radical (unpaired) electrons. The van der Waals surface area contributed by atoms with Crippen LogP contribution in [0.1, 0.15) is 85.5 Å². The van der Waals surface area contributed by atoms with E-state index in [0.717, 1.165) is 38.5 Å². The lowest BCUT2D eigenvalue weighted by atomic mass is 10.1. The van der Waals surface area contributed by atoms with Gasteiger partial charge in [-0.3, -0.25) is 0 Å². The fourth-order valence-corrected chi connectivity index (χ4v) is 2.01. The molecular formula is C19H32O3. The molecule has 0 aromatic heterocycles. The molecule has 0 aromatic carbocycles. The molecular weight excluding hydrogens is 276 g/mol. The van der Waals surface area contributed by atoms with Gasteiger partial charge in [0.15, 0.2) is 0 Å². The van der Waals surface area contributed by atoms with E-state index < -0.39 is 11.9 Å². The zero-order valence-corrected chi connectivity index (χ0v) is 14.7. The minimum Gasteiger partial charge on any atom is -0.386 e. The number of carbonyl (C=O) groups is 2. The summed E-state index contributed by atoms with van der Waals surface area (Å²) in [5.74, 6) is -1.05. The van der Waals surface area contributed by atoms with E-state index >= 15 is 0 Å². The summed E-state index contributed by atoms with van der Waals surface area (Å²) in [5, 5.41) is 0. The minimum absolute atomic E-state index is 0.514. The van der Waals surface area contributed by atoms with E-state index in [1.165, 1.54) is 19.3 Å². The Hall–Kier alpha value is -1.38. The largest absolute Gasteiger partial charge is 0.386 e. The first-order valence-corrected chi connectivity index (χ1v) is 8.62. The van der Waals surface area contributed by atoms with Crippen LogP contribution in [0.5, 0.6) is 0 Å². The van der Waals surface area contributed by atoms with Crippen LogP contribution in [0.25, 0.3) is 0 Å². The molecule has 0 spiro atoms. The molecule has 0 N–H and O–H groups in total. The van der Waals surface area contributed by atoms with Crippen molar-refractivity contribution in [1.82, 2.24) is 0 Å². The third-order valence-corrected chi connectivity index (χ3v) is 3.60. The summed E-state index contributed by atoms with van der Waals surface area (Å²) in [7, 11) is 0. The maximum absolute atomic E-state index is 11.8. The van der Waals surface area contributed by atoms with Crippen LogP contribution in [0.2, 0.25) is 0 Å². The van der Waals surface area contributed by atoms with E-state index in [1.807, 2.05) is 12.2 Å². The molecule has 0 amide bonds. The van der Waals surface area contributed by atoms with Crippen molar-refractivity contribution in [1.29, 1.82) is 0 Å². The van der Waals surface area contributed by atoms with Crippen molar-refractivity contribution in [3.63, 3.8) is 0 Å². The molecule has 0 unspecified atom stereocenters. The Morgan fingerprint density at radius 3 is 1.59 bits per heavy atom. The summed E-state index contributed by atoms with van der Waals surface area (Å²) in [4.78, 5) is 23.6. The highest BCUT2D eigenvalue weighted by Gasteiger charge is 2.13. The van der Waals surface area contributed by atoms with Crippen LogP contribution in [-0.4, -0.2) is 11.9 Å². The van der Waals surface area contributed by atoms with Gasteiger partial charge >= 0.3 is 11.9 Å². The van der Waals surface area contributed by atoms with E-state index in [2.05, 4.69) is 13.8 Å². The van der Waals surface area contributed by atoms with Crippen molar-refractivity contribution < 1.29 is 14.3 Å². The molecule has 0 aromatic rings. The monoisotopic (exact) mass is 308 g/mol. The molecule has 0 aliphatic carbocycles. The number of esters is 2. The molecule has 126 valence electrons. The maximum atomic E-state index is 11.8. The highest BCUT2D eigenvalue weighted by molar-refractivity contribution is 6.01. The maximum Gasteiger partial charge on any atom is 0.341 e. The summed E-state index contributed by atoms with van der Waals surface area (Å²) in [6.07, 6.45) is 13.5. The lowest BCUT2D eigenvalue weighted by Gasteiger charge is -2.04. The Morgan fingerprint density at radius 2 is 1.14 bits per heavy atom. The Balaban J connectivity index is 4.16. The minimum atomic E-state index is -0.528. The van der Waals surface area contributed by atoms with Gasteiger partial charge < -0.3 is 4.74 Å². The van der Waals surface area contributed by atoms with E-state index in [4.69, 9.17) is 4.74 Å². The van der Waals surface area contributed by atoms with Gasteiger partial charge in [0, 0.05) is 11.1 Å². The van der Waals surface area contributed by atoms with Crippen LogP contribution in [0, 0.1) is 0 Å². The van der Waals surface area contributed by atoms with Crippen LogP contribution in [-0.2, 0) is 14.3 Å². The number of ether oxygens (including phenoxy) is 1. The van der Waals surface area contributed by atoms with E-state index in [-0.39, 0.29) is 0 Å². The van der Waals surface area contributed by atoms with Crippen LogP contribution in [0.3, 0.4) is 0 Å². The highest BCUT2D eigenvalue weighted by atomic mass is 16.6. The van der Waals surface area contributed by atoms with Gasteiger partial charge in [0.1, 0.15) is 0 Å². The number of rotatable bonds is 11. The smallest absolute Gasteiger partial charge is 0.341 e. The Labute approximate surface area is 135 Å². The van der Waals surface area contributed by atoms with Crippen molar-refractivity contribution in [3.05, 3.63) is 23.3 Å². The lowest BCUT2D eigenvalue weighted by molar-refractivity contribution is -0.153. The lowest BCUT2D eigenvalue weighted by Crippen LogP contribution is -2.14. The average molecular weight is 308 g/mol. The average Bonchev–Trinajstić information content (AvgIpc) is 2.50. The van der Waals surface area contributed by atoms with Crippen molar-refractivity contribution in [2.75, 3.05) is 0 Å². The number of carbonyl (C=O) groups excluding carboxylic acids is 2. The third kappa shape index (κ3) is 10.4. The van der Waals surface area contributed by atoms with Gasteiger partial charge in [-0.2, -0.15) is 0 Å². The number of hydrogen-bond acceptors (Lipinski definition) is 3. The summed E-state index contributed by atoms with van der Waals surface area (Å²) in [6, 6.07) is 0. The van der Waals surface area contributed by atoms with Gasteiger partial charge in [-0.05, 0) is 39.5 Å². The molecule has 0 fully saturated rings. The SMILES string of the molecule is CCCCCC=C(C)C(=O)OC(=O)C(C)=CCCCCCC. The number of allylic oxidation sites excluding steroid dienone is 2. The highest BCUT2D eigenvalue weighted by Crippen LogP contribution is 2.09. The van der Waals surface area contributed by atoms with Gasteiger partial charge in [-0.1, -0.05) is 58.1 Å². The van der Waals surface area contributed by atoms with Crippen LogP contribution >= 0.6 is 0 Å². The van der Waals surface area contributed by atoms with Crippen molar-refractivity contribution in [2.24, 2.45) is 0 Å². The predicted octanol–water partition coefficient (Wildman–Crippen LogP) is 5.50. The van der Waals surface area contributed by atoms with Crippen LogP contribution in [0.15, 0.2) is 23.3 Å². The fraction of sp³-hybridized carbons (Fsp3) is 0.684. The fourth-order valence-electron chi connectivity index (χ4n) is 2.01. The molecule has 3 heteroatoms. The summed E-state index contributed by atoms with van der Waals surface area (Å²) >= 11 is 0. The zero-order chi connectivity index (χ0) is 16.8. The summed E-state index contributed by atoms with van der Waals surface area (Å²) < 4.78 is 4.89. The normalized spacial score (nSPS) is 12.4. The molecule has 0 aliphatic heterocycles. The second-order valence-corrected chi connectivity index (χ2v) is 5.80. The Bertz CT molecular complexity index is 391. The summed E-state index contributed by atoms with van der Waals surface area (Å²) in [6.45, 7) is 7.71. The molecule has 0 aliphatic rings. The first kappa shape index (κ1) is 20.6. The molecule has 0 bridgehead atoms. The third-order valence-electron chi connectivity index (χ3n) is 3.60. The van der Waals surface area contributed by atoms with Gasteiger partial charge in [-0.15, -0.1) is 0 Å². The molecule has 0 rings (SSSR count). The van der Waals surface area contributed by atoms with Crippen LogP contribution < -0.4 is 0 Å². The topological polar surface area (TPSA) is 43.4 Å². The number of hydrogen-bond donors (Lipinski definition) is 0. The Kier molecular flexibility index (Phi) is 12.5. The van der Waals surface area contributed by atoms with Crippen molar-refractivity contribution in [3.8, 4) is 0 Å². The second-order valence-electron chi connectivity index (χ2n) is 5.80. The summed E-state index contributed by atoms with van der Waals surface area (Å²) in [5.41, 5.74) is 1.03. The quantitative estimate of drug-likeness (QED) is 0.219. The van der Waals surface area contributed by atoms with E-state index in [0.29, 0.717) is 11.1 Å². The van der Waals surface area contributed by atoms with Crippen molar-refractivity contribution in [2.45, 2.75) is 85.5 Å². The van der Waals surface area contributed by atoms with Gasteiger partial charge in [-0.25, -0.2) is 9.59 Å². The van der Waals surface area contributed by atoms with E-state index in [9.17, 15) is 9.59 Å². The predicted molar refractivity (Wildman–Crippen MR) is 91.5 cm³/mol. The van der Waals surface area contributed by atoms with E-state index in [1.54, 1.807) is 13.8 Å². The van der Waals surface area contributed by atoms with Gasteiger partial charge in [0.25, 0.3) is 0 Å². The Morgan fingerprint density at radius 1 is 0.727 bits per heavy atom. The molecule has 0 atom stereocenters. The molecule has 3 nitrogen and oxygen atoms in total. The van der Waals surface area contributed by atoms with Crippen molar-refractivity contribution >= 4 is 11.9 Å². The first-order valence-electron chi connectivity index (χ1n) is 8.62. The molecule has 22 heavy (non-hydrogen) atoms. The number of unbranched alkanes of at least 4 members (excludes halogenated alkanes) is 7.